The van der Waals surface area contributed by atoms with Crippen LogP contribution in [0.3, 0.4) is 0 Å². The lowest BCUT2D eigenvalue weighted by molar-refractivity contribution is -0.137. The molecule has 4 rings (SSSR count). The largest absolute Gasteiger partial charge is 0.493 e. The Morgan fingerprint density at radius 2 is 1.52 bits per heavy atom. The van der Waals surface area contributed by atoms with Crippen molar-refractivity contribution in [2.75, 3.05) is 33.3 Å². The van der Waals surface area contributed by atoms with Gasteiger partial charge in [-0.1, -0.05) is 30.3 Å². The van der Waals surface area contributed by atoms with Crippen molar-refractivity contribution in [1.29, 1.82) is 0 Å². The second kappa shape index (κ2) is 9.86. The molecule has 0 radical (unpaired) electrons. The van der Waals surface area contributed by atoms with Crippen LogP contribution in [-0.2, 0) is 10.2 Å². The molecule has 2 aromatic carbocycles. The monoisotopic (exact) mass is 450 g/mol. The number of rotatable bonds is 6. The molecule has 2 aliphatic rings. The van der Waals surface area contributed by atoms with Crippen LogP contribution in [0.2, 0.25) is 0 Å². The van der Waals surface area contributed by atoms with Gasteiger partial charge < -0.3 is 19.3 Å². The minimum Gasteiger partial charge on any atom is -0.493 e. The van der Waals surface area contributed by atoms with Crippen LogP contribution in [0, 0.1) is 0 Å². The van der Waals surface area contributed by atoms with Gasteiger partial charge in [-0.3, -0.25) is 9.59 Å². The van der Waals surface area contributed by atoms with Gasteiger partial charge >= 0.3 is 0 Å². The minimum absolute atomic E-state index is 0.0462. The Kier molecular flexibility index (Phi) is 6.91. The maximum Gasteiger partial charge on any atom is 0.254 e. The third kappa shape index (κ3) is 5.00. The van der Waals surface area contributed by atoms with Gasteiger partial charge in [-0.05, 0) is 63.3 Å². The van der Waals surface area contributed by atoms with Crippen molar-refractivity contribution in [1.82, 2.24) is 9.80 Å². The summed E-state index contributed by atoms with van der Waals surface area (Å²) in [6.07, 6.45) is 4.74. The van der Waals surface area contributed by atoms with E-state index >= 15 is 0 Å². The third-order valence-electron chi connectivity index (χ3n) is 6.89. The summed E-state index contributed by atoms with van der Waals surface area (Å²) in [5, 5.41) is 0. The van der Waals surface area contributed by atoms with E-state index in [9.17, 15) is 9.59 Å². The van der Waals surface area contributed by atoms with Gasteiger partial charge in [0.2, 0.25) is 5.91 Å². The molecular formula is C27H34N2O4. The summed E-state index contributed by atoms with van der Waals surface area (Å²) < 4.78 is 11.6. The summed E-state index contributed by atoms with van der Waals surface area (Å²) in [5.74, 6) is 1.33. The van der Waals surface area contributed by atoms with Gasteiger partial charge in [-0.25, -0.2) is 0 Å². The average molecular weight is 451 g/mol. The number of nitrogens with zero attached hydrogens (tertiary/aromatic N) is 2. The second-order valence-corrected chi connectivity index (χ2v) is 9.47. The number of piperazine rings is 1. The van der Waals surface area contributed by atoms with Crippen LogP contribution in [0.1, 0.15) is 55.5 Å². The highest BCUT2D eigenvalue weighted by Gasteiger charge is 2.35. The first-order chi connectivity index (χ1) is 15.9. The molecule has 0 unspecified atom stereocenters. The number of amides is 2. The van der Waals surface area contributed by atoms with E-state index in [0.29, 0.717) is 43.2 Å². The Morgan fingerprint density at radius 3 is 2.15 bits per heavy atom. The molecule has 1 aliphatic carbocycles. The number of benzene rings is 2. The van der Waals surface area contributed by atoms with E-state index in [-0.39, 0.29) is 17.9 Å². The number of ether oxygens (including phenoxy) is 2. The van der Waals surface area contributed by atoms with E-state index in [4.69, 9.17) is 9.47 Å². The lowest BCUT2D eigenvalue weighted by Crippen LogP contribution is -2.54. The predicted octanol–water partition coefficient (Wildman–Crippen LogP) is 4.28. The quantitative estimate of drug-likeness (QED) is 0.659. The molecule has 1 saturated heterocycles. The van der Waals surface area contributed by atoms with Crippen molar-refractivity contribution in [3.8, 4) is 11.5 Å². The smallest absolute Gasteiger partial charge is 0.254 e. The Bertz CT molecular complexity index is 975. The summed E-state index contributed by atoms with van der Waals surface area (Å²) in [6, 6.07) is 15.3. The maximum atomic E-state index is 13.2. The highest BCUT2D eigenvalue weighted by molar-refractivity contribution is 5.95. The normalized spacial score (nSPS) is 17.2. The van der Waals surface area contributed by atoms with E-state index in [1.165, 1.54) is 12.8 Å². The SMILES string of the molecule is COc1cc(C(=O)N2CCN(C(=O)C(C)(C)c3ccccc3)CC2)ccc1OC1CCCC1. The van der Waals surface area contributed by atoms with Crippen LogP contribution >= 0.6 is 0 Å². The molecule has 0 bridgehead atoms. The highest BCUT2D eigenvalue weighted by atomic mass is 16.5. The molecule has 1 aliphatic heterocycles. The second-order valence-electron chi connectivity index (χ2n) is 9.47. The Hall–Kier alpha value is -3.02. The first-order valence-electron chi connectivity index (χ1n) is 11.9. The topological polar surface area (TPSA) is 59.1 Å². The summed E-state index contributed by atoms with van der Waals surface area (Å²) >= 11 is 0. The van der Waals surface area contributed by atoms with Gasteiger partial charge in [0.1, 0.15) is 0 Å². The minimum atomic E-state index is -0.601. The van der Waals surface area contributed by atoms with Crippen LogP contribution in [0.5, 0.6) is 11.5 Å². The van der Waals surface area contributed by atoms with E-state index in [2.05, 4.69) is 0 Å². The lowest BCUT2D eigenvalue weighted by atomic mass is 9.83. The Balaban J connectivity index is 1.38. The van der Waals surface area contributed by atoms with Crippen molar-refractivity contribution in [2.24, 2.45) is 0 Å². The molecule has 1 heterocycles. The molecule has 33 heavy (non-hydrogen) atoms. The maximum absolute atomic E-state index is 13.2. The van der Waals surface area contributed by atoms with Gasteiger partial charge in [0.25, 0.3) is 5.91 Å². The molecule has 176 valence electrons. The van der Waals surface area contributed by atoms with E-state index in [1.807, 2.05) is 66.1 Å². The van der Waals surface area contributed by atoms with Gasteiger partial charge in [-0.15, -0.1) is 0 Å². The molecule has 0 N–H and O–H groups in total. The number of carbonyl (C=O) groups is 2. The fraction of sp³-hybridized carbons (Fsp3) is 0.481. The van der Waals surface area contributed by atoms with Gasteiger partial charge in [0.05, 0.1) is 18.6 Å². The Labute approximate surface area is 196 Å². The summed E-state index contributed by atoms with van der Waals surface area (Å²) in [7, 11) is 1.60. The summed E-state index contributed by atoms with van der Waals surface area (Å²) in [6.45, 7) is 6.01. The van der Waals surface area contributed by atoms with Crippen molar-refractivity contribution in [2.45, 2.75) is 51.0 Å². The molecule has 0 aromatic heterocycles. The van der Waals surface area contributed by atoms with Crippen LogP contribution in [0.4, 0.5) is 0 Å². The zero-order valence-electron chi connectivity index (χ0n) is 19.9. The zero-order chi connectivity index (χ0) is 23.4. The van der Waals surface area contributed by atoms with Crippen molar-refractivity contribution >= 4 is 11.8 Å². The van der Waals surface area contributed by atoms with Crippen LogP contribution in [-0.4, -0.2) is 61.0 Å². The molecule has 0 spiro atoms. The summed E-state index contributed by atoms with van der Waals surface area (Å²) in [5.41, 5.74) is 0.978. The van der Waals surface area contributed by atoms with Crippen molar-refractivity contribution in [3.63, 3.8) is 0 Å². The fourth-order valence-electron chi connectivity index (χ4n) is 4.75. The number of methoxy groups -OCH3 is 1. The third-order valence-corrected chi connectivity index (χ3v) is 6.89. The molecule has 2 fully saturated rings. The van der Waals surface area contributed by atoms with E-state index in [1.54, 1.807) is 13.2 Å². The summed E-state index contributed by atoms with van der Waals surface area (Å²) in [4.78, 5) is 30.0. The molecule has 0 atom stereocenters. The molecule has 2 aromatic rings. The lowest BCUT2D eigenvalue weighted by Gasteiger charge is -2.38. The number of hydrogen-bond donors (Lipinski definition) is 0. The fourth-order valence-corrected chi connectivity index (χ4v) is 4.75. The number of carbonyl (C=O) groups excluding carboxylic acids is 2. The zero-order valence-corrected chi connectivity index (χ0v) is 19.9. The van der Waals surface area contributed by atoms with Crippen molar-refractivity contribution in [3.05, 3.63) is 59.7 Å². The van der Waals surface area contributed by atoms with E-state index < -0.39 is 5.41 Å². The van der Waals surface area contributed by atoms with Crippen LogP contribution in [0.15, 0.2) is 48.5 Å². The highest BCUT2D eigenvalue weighted by Crippen LogP contribution is 2.33. The van der Waals surface area contributed by atoms with Crippen molar-refractivity contribution < 1.29 is 19.1 Å². The molecule has 6 nitrogen and oxygen atoms in total. The van der Waals surface area contributed by atoms with Crippen LogP contribution in [0.25, 0.3) is 0 Å². The van der Waals surface area contributed by atoms with E-state index in [0.717, 1.165) is 18.4 Å². The van der Waals surface area contributed by atoms with Gasteiger partial charge in [0.15, 0.2) is 11.5 Å². The van der Waals surface area contributed by atoms with Crippen LogP contribution < -0.4 is 9.47 Å². The predicted molar refractivity (Wildman–Crippen MR) is 128 cm³/mol. The Morgan fingerprint density at radius 1 is 0.879 bits per heavy atom. The standard InChI is InChI=1S/C27H34N2O4/c1-27(2,21-9-5-4-6-10-21)26(31)29-17-15-28(16-18-29)25(30)20-13-14-23(24(19-20)32-3)33-22-11-7-8-12-22/h4-6,9-10,13-14,19,22H,7-8,11-12,15-18H2,1-3H3. The first kappa shape index (κ1) is 23.1. The van der Waals surface area contributed by atoms with Gasteiger partial charge in [-0.2, -0.15) is 0 Å². The molecule has 2 amide bonds. The van der Waals surface area contributed by atoms with Gasteiger partial charge in [0, 0.05) is 31.7 Å². The molecular weight excluding hydrogens is 416 g/mol. The molecule has 1 saturated carbocycles. The number of hydrogen-bond acceptors (Lipinski definition) is 4. The average Bonchev–Trinajstić information content (AvgIpc) is 3.37. The first-order valence-corrected chi connectivity index (χ1v) is 11.9. The molecule has 6 heteroatoms.